The van der Waals surface area contributed by atoms with Gasteiger partial charge in [0.15, 0.2) is 0 Å². The summed E-state index contributed by atoms with van der Waals surface area (Å²) in [5, 5.41) is 0.318. The van der Waals surface area contributed by atoms with Crippen LogP contribution in [0.4, 0.5) is 17.1 Å². The predicted octanol–water partition coefficient (Wildman–Crippen LogP) is 11.7. The van der Waals surface area contributed by atoms with Crippen LogP contribution < -0.4 is 10.4 Å². The lowest BCUT2D eigenvalue weighted by Crippen LogP contribution is -2.38. The first kappa shape index (κ1) is 29.1. The van der Waals surface area contributed by atoms with Gasteiger partial charge in [0.25, 0.3) is 0 Å². The molecule has 0 spiro atoms. The second-order valence-electron chi connectivity index (χ2n) is 13.4. The largest absolute Gasteiger partial charge is 0.318 e. The predicted molar refractivity (Wildman–Crippen MR) is 210 cm³/mol. The molecule has 0 aromatic heterocycles. The van der Waals surface area contributed by atoms with Gasteiger partial charge in [-0.25, -0.2) is 0 Å². The van der Waals surface area contributed by atoms with Crippen molar-refractivity contribution in [3.63, 3.8) is 0 Å². The SMILES string of the molecule is Cc1ccc2c(c1)C(c1ccccc1)(c1ccccc1)c1cc(C)ccc1N2c1cc2c3c(c1)-c1ccccc1SB3Sc1ccccc1-2. The van der Waals surface area contributed by atoms with Crippen molar-refractivity contribution < 1.29 is 0 Å². The first-order valence-electron chi connectivity index (χ1n) is 16.9. The normalized spacial score (nSPS) is 14.7. The van der Waals surface area contributed by atoms with Gasteiger partial charge in [0.1, 0.15) is 0 Å². The van der Waals surface area contributed by atoms with E-state index >= 15 is 0 Å². The molecule has 0 saturated carbocycles. The molecule has 0 amide bonds. The van der Waals surface area contributed by atoms with Crippen LogP contribution in [0, 0.1) is 13.8 Å². The minimum absolute atomic E-state index is 0.318. The molecule has 0 N–H and O–H groups in total. The first-order chi connectivity index (χ1) is 24.1. The lowest BCUT2D eigenvalue weighted by atomic mass is 9.62. The quantitative estimate of drug-likeness (QED) is 0.174. The topological polar surface area (TPSA) is 3.24 Å². The van der Waals surface area contributed by atoms with Crippen LogP contribution in [-0.4, -0.2) is 5.27 Å². The third-order valence-corrected chi connectivity index (χ3v) is 13.2. The summed E-state index contributed by atoms with van der Waals surface area (Å²) in [6.07, 6.45) is 0. The maximum Gasteiger partial charge on any atom is 0.318 e. The fourth-order valence-corrected chi connectivity index (χ4v) is 11.4. The van der Waals surface area contributed by atoms with Gasteiger partial charge in [-0.15, -0.1) is 0 Å². The Morgan fingerprint density at radius 2 is 0.918 bits per heavy atom. The van der Waals surface area contributed by atoms with Gasteiger partial charge >= 0.3 is 5.27 Å². The lowest BCUT2D eigenvalue weighted by molar-refractivity contribution is 0.729. The Bertz CT molecular complexity index is 2270. The molecule has 0 radical (unpaired) electrons. The summed E-state index contributed by atoms with van der Waals surface area (Å²) in [7, 11) is 0. The summed E-state index contributed by atoms with van der Waals surface area (Å²) in [6, 6.07) is 59.3. The van der Waals surface area contributed by atoms with Gasteiger partial charge in [-0.2, -0.15) is 23.2 Å². The molecule has 4 heteroatoms. The Labute approximate surface area is 296 Å². The monoisotopic (exact) mass is 661 g/mol. The Morgan fingerprint density at radius 3 is 1.41 bits per heavy atom. The van der Waals surface area contributed by atoms with E-state index < -0.39 is 5.41 Å². The highest BCUT2D eigenvalue weighted by Crippen LogP contribution is 2.59. The lowest BCUT2D eigenvalue weighted by Gasteiger charge is -2.47. The average molecular weight is 662 g/mol. The van der Waals surface area contributed by atoms with Crippen molar-refractivity contribution in [3.8, 4) is 22.3 Å². The van der Waals surface area contributed by atoms with E-state index in [1.807, 2.05) is 23.2 Å². The zero-order valence-electron chi connectivity index (χ0n) is 27.4. The van der Waals surface area contributed by atoms with Crippen LogP contribution in [0.1, 0.15) is 33.4 Å². The Hall–Kier alpha value is -4.90. The van der Waals surface area contributed by atoms with Crippen molar-refractivity contribution in [2.75, 3.05) is 4.90 Å². The highest BCUT2D eigenvalue weighted by Gasteiger charge is 2.47. The zero-order chi connectivity index (χ0) is 32.7. The summed E-state index contributed by atoms with van der Waals surface area (Å²) in [5.74, 6) is 0. The summed E-state index contributed by atoms with van der Waals surface area (Å²) < 4.78 is 0. The van der Waals surface area contributed by atoms with E-state index in [4.69, 9.17) is 0 Å². The molecule has 3 heterocycles. The van der Waals surface area contributed by atoms with Crippen molar-refractivity contribution in [2.45, 2.75) is 29.1 Å². The first-order valence-corrected chi connectivity index (χ1v) is 18.7. The van der Waals surface area contributed by atoms with Gasteiger partial charge < -0.3 is 4.90 Å². The van der Waals surface area contributed by atoms with Crippen molar-refractivity contribution in [1.29, 1.82) is 0 Å². The number of hydrogen-bond donors (Lipinski definition) is 0. The molecule has 0 unspecified atom stereocenters. The minimum Gasteiger partial charge on any atom is -0.310 e. The summed E-state index contributed by atoms with van der Waals surface area (Å²) in [6.45, 7) is 4.45. The molecule has 3 aliphatic rings. The Balaban J connectivity index is 1.32. The minimum atomic E-state index is -0.498. The Kier molecular flexibility index (Phi) is 6.56. The number of fused-ring (bicyclic) bond motifs is 6. The van der Waals surface area contributed by atoms with Crippen LogP contribution in [0.2, 0.25) is 0 Å². The molecule has 49 heavy (non-hydrogen) atoms. The van der Waals surface area contributed by atoms with Crippen LogP contribution in [0.5, 0.6) is 0 Å². The van der Waals surface area contributed by atoms with E-state index in [9.17, 15) is 0 Å². The fraction of sp³-hybridized carbons (Fsp3) is 0.0667. The summed E-state index contributed by atoms with van der Waals surface area (Å²) in [4.78, 5) is 5.26. The van der Waals surface area contributed by atoms with Crippen LogP contribution in [0.15, 0.2) is 168 Å². The van der Waals surface area contributed by atoms with E-state index in [1.165, 1.54) is 88.0 Å². The summed E-state index contributed by atoms with van der Waals surface area (Å²) in [5.41, 5.74) is 17.6. The molecule has 0 atom stereocenters. The van der Waals surface area contributed by atoms with Gasteiger partial charge in [-0.1, -0.05) is 132 Å². The fourth-order valence-electron chi connectivity index (χ4n) is 8.43. The average Bonchev–Trinajstić information content (AvgIpc) is 3.14. The smallest absolute Gasteiger partial charge is 0.310 e. The van der Waals surface area contributed by atoms with Gasteiger partial charge in [-0.05, 0) is 100 Å². The van der Waals surface area contributed by atoms with Crippen LogP contribution in [-0.2, 0) is 5.41 Å². The molecule has 0 fully saturated rings. The molecule has 1 nitrogen and oxygen atoms in total. The maximum atomic E-state index is 2.55. The van der Waals surface area contributed by atoms with Crippen molar-refractivity contribution in [3.05, 3.63) is 191 Å². The third kappa shape index (κ3) is 4.24. The molecular formula is C45H32BNS2. The van der Waals surface area contributed by atoms with Gasteiger partial charge in [0, 0.05) is 15.5 Å². The molecule has 7 aromatic carbocycles. The van der Waals surface area contributed by atoms with Gasteiger partial charge in [0.05, 0.1) is 16.8 Å². The molecule has 0 aliphatic carbocycles. The third-order valence-electron chi connectivity index (χ3n) is 10.5. The Morgan fingerprint density at radius 1 is 0.469 bits per heavy atom. The summed E-state index contributed by atoms with van der Waals surface area (Å²) >= 11 is 3.99. The van der Waals surface area contributed by atoms with Crippen LogP contribution in [0.25, 0.3) is 22.3 Å². The van der Waals surface area contributed by atoms with E-state index in [-0.39, 0.29) is 0 Å². The zero-order valence-corrected chi connectivity index (χ0v) is 29.0. The standard InChI is InChI=1S/C45H32BNS2/c1-29-21-23-40-38(25-29)45(31-13-5-3-6-14-31,32-15-7-4-8-16-32)39-26-30(2)22-24-41(39)47(40)33-27-36-34-17-9-11-19-42(34)48-46-44(36)37(28-33)35-18-10-12-20-43(35)49-46/h3-28H,1-2H3. The van der Waals surface area contributed by atoms with E-state index in [2.05, 4.69) is 176 Å². The number of benzene rings is 7. The van der Waals surface area contributed by atoms with E-state index in [1.54, 1.807) is 0 Å². The van der Waals surface area contributed by atoms with Crippen LogP contribution >= 0.6 is 23.2 Å². The number of hydrogen-bond acceptors (Lipinski definition) is 3. The molecule has 3 aliphatic heterocycles. The van der Waals surface area contributed by atoms with Crippen molar-refractivity contribution in [1.82, 2.24) is 0 Å². The molecule has 10 rings (SSSR count). The number of anilines is 3. The highest BCUT2D eigenvalue weighted by atomic mass is 32.2. The maximum absolute atomic E-state index is 2.55. The second-order valence-corrected chi connectivity index (χ2v) is 16.0. The van der Waals surface area contributed by atoms with Gasteiger partial charge in [0.2, 0.25) is 0 Å². The number of aryl methyl sites for hydroxylation is 2. The van der Waals surface area contributed by atoms with Gasteiger partial charge in [-0.3, -0.25) is 0 Å². The van der Waals surface area contributed by atoms with Crippen molar-refractivity contribution in [2.24, 2.45) is 0 Å². The molecule has 232 valence electrons. The number of rotatable bonds is 3. The molecule has 7 aromatic rings. The van der Waals surface area contributed by atoms with E-state index in [0.29, 0.717) is 5.27 Å². The van der Waals surface area contributed by atoms with E-state index in [0.717, 1.165) is 0 Å². The molecule has 0 bridgehead atoms. The van der Waals surface area contributed by atoms with Crippen LogP contribution in [0.3, 0.4) is 0 Å². The van der Waals surface area contributed by atoms with Crippen molar-refractivity contribution >= 4 is 51.0 Å². The molecule has 0 saturated heterocycles. The second kappa shape index (κ2) is 11.1. The number of nitrogens with zero attached hydrogens (tertiary/aromatic N) is 1. The molecular weight excluding hydrogens is 629 g/mol. The highest BCUT2D eigenvalue weighted by molar-refractivity contribution is 8.56.